The van der Waals surface area contributed by atoms with Gasteiger partial charge in [0.05, 0.1) is 12.3 Å². The molecule has 0 bridgehead atoms. The van der Waals surface area contributed by atoms with Gasteiger partial charge in [-0.15, -0.1) is 0 Å². The number of hydrogen-bond acceptors (Lipinski definition) is 3. The van der Waals surface area contributed by atoms with Crippen LogP contribution in [0.2, 0.25) is 0 Å². The quantitative estimate of drug-likeness (QED) is 0.690. The average Bonchev–Trinajstić information content (AvgIpc) is 2.83. The SMILES string of the molecule is CCOC(=O)c1c(C)nc2ccc(-c3ccccc3)cn12. The molecule has 0 radical (unpaired) electrons. The lowest BCUT2D eigenvalue weighted by Crippen LogP contribution is -2.09. The molecule has 3 aromatic rings. The number of benzene rings is 1. The number of nitrogens with zero attached hydrogens (tertiary/aromatic N) is 2. The summed E-state index contributed by atoms with van der Waals surface area (Å²) in [5, 5.41) is 0. The van der Waals surface area contributed by atoms with Gasteiger partial charge < -0.3 is 4.74 Å². The van der Waals surface area contributed by atoms with E-state index in [1.54, 1.807) is 11.3 Å². The second kappa shape index (κ2) is 5.40. The Morgan fingerprint density at radius 1 is 1.14 bits per heavy atom. The Bertz CT molecular complexity index is 791. The highest BCUT2D eigenvalue weighted by Gasteiger charge is 2.17. The molecule has 0 spiro atoms. The van der Waals surface area contributed by atoms with E-state index in [0.29, 0.717) is 18.0 Å². The van der Waals surface area contributed by atoms with E-state index in [4.69, 9.17) is 4.74 Å². The third kappa shape index (κ3) is 2.40. The molecule has 0 unspecified atom stereocenters. The molecule has 0 aliphatic carbocycles. The largest absolute Gasteiger partial charge is 0.461 e. The molecule has 21 heavy (non-hydrogen) atoms. The summed E-state index contributed by atoms with van der Waals surface area (Å²) >= 11 is 0. The molecule has 106 valence electrons. The van der Waals surface area contributed by atoms with Crippen molar-refractivity contribution in [3.63, 3.8) is 0 Å². The van der Waals surface area contributed by atoms with E-state index in [1.165, 1.54) is 0 Å². The topological polar surface area (TPSA) is 43.6 Å². The van der Waals surface area contributed by atoms with Crippen LogP contribution < -0.4 is 0 Å². The summed E-state index contributed by atoms with van der Waals surface area (Å²) < 4.78 is 6.92. The van der Waals surface area contributed by atoms with Crippen molar-refractivity contribution in [1.29, 1.82) is 0 Å². The van der Waals surface area contributed by atoms with E-state index in [9.17, 15) is 4.79 Å². The number of imidazole rings is 1. The number of pyridine rings is 1. The number of rotatable bonds is 3. The van der Waals surface area contributed by atoms with E-state index < -0.39 is 0 Å². The number of esters is 1. The predicted octanol–water partition coefficient (Wildman–Crippen LogP) is 3.49. The molecule has 0 atom stereocenters. The van der Waals surface area contributed by atoms with Crippen LogP contribution in [0.15, 0.2) is 48.7 Å². The predicted molar refractivity (Wildman–Crippen MR) is 81.3 cm³/mol. The number of hydrogen-bond donors (Lipinski definition) is 0. The highest BCUT2D eigenvalue weighted by molar-refractivity contribution is 5.90. The van der Waals surface area contributed by atoms with Crippen molar-refractivity contribution in [3.8, 4) is 11.1 Å². The van der Waals surface area contributed by atoms with Gasteiger partial charge in [-0.1, -0.05) is 30.3 Å². The van der Waals surface area contributed by atoms with Crippen molar-refractivity contribution in [2.24, 2.45) is 0 Å². The van der Waals surface area contributed by atoms with Crippen LogP contribution >= 0.6 is 0 Å². The molecular formula is C17H16N2O2. The Labute approximate surface area is 123 Å². The van der Waals surface area contributed by atoms with E-state index in [1.807, 2.05) is 55.6 Å². The summed E-state index contributed by atoms with van der Waals surface area (Å²) in [5.41, 5.74) is 4.05. The normalized spacial score (nSPS) is 10.8. The van der Waals surface area contributed by atoms with Crippen LogP contribution in [0, 0.1) is 6.92 Å². The van der Waals surface area contributed by atoms with Crippen molar-refractivity contribution >= 4 is 11.6 Å². The van der Waals surface area contributed by atoms with Crippen molar-refractivity contribution in [2.75, 3.05) is 6.61 Å². The van der Waals surface area contributed by atoms with E-state index in [-0.39, 0.29) is 5.97 Å². The van der Waals surface area contributed by atoms with Crippen LogP contribution in [-0.2, 0) is 4.74 Å². The second-order valence-corrected chi connectivity index (χ2v) is 4.78. The summed E-state index contributed by atoms with van der Waals surface area (Å²) in [6.45, 7) is 3.97. The van der Waals surface area contributed by atoms with Crippen LogP contribution in [0.3, 0.4) is 0 Å². The molecule has 0 N–H and O–H groups in total. The maximum Gasteiger partial charge on any atom is 0.357 e. The van der Waals surface area contributed by atoms with Crippen LogP contribution in [0.5, 0.6) is 0 Å². The molecule has 1 aromatic carbocycles. The van der Waals surface area contributed by atoms with Gasteiger partial charge >= 0.3 is 5.97 Å². The first-order chi connectivity index (χ1) is 10.2. The van der Waals surface area contributed by atoms with Gasteiger partial charge in [-0.3, -0.25) is 4.40 Å². The van der Waals surface area contributed by atoms with Crippen LogP contribution in [0.4, 0.5) is 0 Å². The second-order valence-electron chi connectivity index (χ2n) is 4.78. The minimum absolute atomic E-state index is 0.340. The van der Waals surface area contributed by atoms with Gasteiger partial charge in [0.2, 0.25) is 0 Å². The smallest absolute Gasteiger partial charge is 0.357 e. The minimum Gasteiger partial charge on any atom is -0.461 e. The molecule has 0 fully saturated rings. The third-order valence-electron chi connectivity index (χ3n) is 3.37. The fourth-order valence-corrected chi connectivity index (χ4v) is 2.41. The minimum atomic E-state index is -0.340. The molecule has 0 amide bonds. The van der Waals surface area contributed by atoms with Crippen LogP contribution in [-0.4, -0.2) is 22.0 Å². The fraction of sp³-hybridized carbons (Fsp3) is 0.176. The van der Waals surface area contributed by atoms with E-state index in [2.05, 4.69) is 4.98 Å². The number of ether oxygens (including phenoxy) is 1. The highest BCUT2D eigenvalue weighted by atomic mass is 16.5. The van der Waals surface area contributed by atoms with Crippen molar-refractivity contribution in [1.82, 2.24) is 9.38 Å². The zero-order chi connectivity index (χ0) is 14.8. The molecule has 2 aromatic heterocycles. The lowest BCUT2D eigenvalue weighted by Gasteiger charge is -2.06. The fourth-order valence-electron chi connectivity index (χ4n) is 2.41. The number of fused-ring (bicyclic) bond motifs is 1. The first-order valence-electron chi connectivity index (χ1n) is 6.92. The summed E-state index contributed by atoms with van der Waals surface area (Å²) in [4.78, 5) is 16.5. The van der Waals surface area contributed by atoms with Gasteiger partial charge in [0.25, 0.3) is 0 Å². The van der Waals surface area contributed by atoms with Gasteiger partial charge in [0, 0.05) is 6.20 Å². The molecule has 0 saturated heterocycles. The maximum absolute atomic E-state index is 12.1. The van der Waals surface area contributed by atoms with Gasteiger partial charge in [-0.25, -0.2) is 9.78 Å². The van der Waals surface area contributed by atoms with Crippen LogP contribution in [0.1, 0.15) is 23.1 Å². The first kappa shape index (κ1) is 13.4. The maximum atomic E-state index is 12.1. The highest BCUT2D eigenvalue weighted by Crippen LogP contribution is 2.22. The zero-order valence-corrected chi connectivity index (χ0v) is 12.0. The Morgan fingerprint density at radius 3 is 2.62 bits per heavy atom. The average molecular weight is 280 g/mol. The Morgan fingerprint density at radius 2 is 1.90 bits per heavy atom. The summed E-state index contributed by atoms with van der Waals surface area (Å²) in [5.74, 6) is -0.340. The Kier molecular flexibility index (Phi) is 3.44. The van der Waals surface area contributed by atoms with Crippen molar-refractivity contribution in [3.05, 3.63) is 60.0 Å². The lowest BCUT2D eigenvalue weighted by atomic mass is 10.1. The summed E-state index contributed by atoms with van der Waals surface area (Å²) in [6, 6.07) is 14.0. The standard InChI is InChI=1S/C17H16N2O2/c1-3-21-17(20)16-12(2)18-15-10-9-14(11-19(15)16)13-7-5-4-6-8-13/h4-11H,3H2,1-2H3. The van der Waals surface area contributed by atoms with Gasteiger partial charge in [0.1, 0.15) is 5.65 Å². The van der Waals surface area contributed by atoms with Crippen molar-refractivity contribution < 1.29 is 9.53 Å². The lowest BCUT2D eigenvalue weighted by molar-refractivity contribution is 0.0517. The number of aryl methyl sites for hydroxylation is 1. The summed E-state index contributed by atoms with van der Waals surface area (Å²) in [7, 11) is 0. The van der Waals surface area contributed by atoms with E-state index in [0.717, 1.165) is 16.8 Å². The van der Waals surface area contributed by atoms with Gasteiger partial charge in [-0.05, 0) is 37.1 Å². The van der Waals surface area contributed by atoms with Gasteiger partial charge in [-0.2, -0.15) is 0 Å². The number of carbonyl (C=O) groups is 1. The molecular weight excluding hydrogens is 264 g/mol. The number of carbonyl (C=O) groups excluding carboxylic acids is 1. The van der Waals surface area contributed by atoms with Crippen LogP contribution in [0.25, 0.3) is 16.8 Å². The molecule has 0 saturated carbocycles. The third-order valence-corrected chi connectivity index (χ3v) is 3.37. The molecule has 2 heterocycles. The molecule has 4 heteroatoms. The van der Waals surface area contributed by atoms with Crippen molar-refractivity contribution in [2.45, 2.75) is 13.8 Å². The van der Waals surface area contributed by atoms with Gasteiger partial charge in [0.15, 0.2) is 5.69 Å². The Hall–Kier alpha value is -2.62. The van der Waals surface area contributed by atoms with E-state index >= 15 is 0 Å². The molecule has 0 aliphatic rings. The Balaban J connectivity index is 2.16. The molecule has 4 nitrogen and oxygen atoms in total. The first-order valence-corrected chi connectivity index (χ1v) is 6.92. The molecule has 0 aliphatic heterocycles. The summed E-state index contributed by atoms with van der Waals surface area (Å²) in [6.07, 6.45) is 1.93. The monoisotopic (exact) mass is 280 g/mol. The molecule has 3 rings (SSSR count). The number of aromatic nitrogens is 2. The zero-order valence-electron chi connectivity index (χ0n) is 12.0.